The first kappa shape index (κ1) is 15.2. The number of carbonyl (C=O) groups excluding carboxylic acids is 1. The number of ether oxygens (including phenoxy) is 1. The van der Waals surface area contributed by atoms with Crippen molar-refractivity contribution in [3.8, 4) is 0 Å². The summed E-state index contributed by atoms with van der Waals surface area (Å²) in [5.74, 6) is 0.311. The number of nitrogens with zero attached hydrogens (tertiary/aromatic N) is 4. The summed E-state index contributed by atoms with van der Waals surface area (Å²) in [5, 5.41) is 0.896. The van der Waals surface area contributed by atoms with Crippen LogP contribution in [0.15, 0.2) is 18.5 Å². The summed E-state index contributed by atoms with van der Waals surface area (Å²) in [4.78, 5) is 27.2. The molecule has 3 rings (SSSR count). The molecule has 1 aliphatic heterocycles. The maximum Gasteiger partial charge on any atom is 0.351 e. The van der Waals surface area contributed by atoms with Crippen molar-refractivity contribution >= 4 is 34.0 Å². The second kappa shape index (κ2) is 6.58. The molecular formula is C14H15ClN4O2S. The van der Waals surface area contributed by atoms with E-state index < -0.39 is 5.97 Å². The molecule has 0 aromatic carbocycles. The Labute approximate surface area is 137 Å². The van der Waals surface area contributed by atoms with Gasteiger partial charge in [0, 0.05) is 18.9 Å². The summed E-state index contributed by atoms with van der Waals surface area (Å²) < 4.78 is 4.73. The molecule has 1 atom stereocenters. The third-order valence-electron chi connectivity index (χ3n) is 3.58. The zero-order chi connectivity index (χ0) is 15.5. The average Bonchev–Trinajstić information content (AvgIpc) is 2.96. The molecule has 6 nitrogen and oxygen atoms in total. The van der Waals surface area contributed by atoms with Crippen molar-refractivity contribution in [1.29, 1.82) is 0 Å². The van der Waals surface area contributed by atoms with E-state index in [2.05, 4.69) is 19.9 Å². The minimum absolute atomic E-state index is 0.0580. The number of hydrogen-bond donors (Lipinski definition) is 0. The zero-order valence-electron chi connectivity index (χ0n) is 12.0. The van der Waals surface area contributed by atoms with Crippen LogP contribution in [-0.4, -0.2) is 34.6 Å². The van der Waals surface area contributed by atoms with E-state index in [1.54, 1.807) is 18.5 Å². The number of halogens is 1. The molecule has 0 saturated carbocycles. The van der Waals surface area contributed by atoms with Gasteiger partial charge in [-0.2, -0.15) is 0 Å². The van der Waals surface area contributed by atoms with Gasteiger partial charge in [-0.1, -0.05) is 22.9 Å². The number of piperidine rings is 1. The Morgan fingerprint density at radius 3 is 2.91 bits per heavy atom. The number of thiazole rings is 1. The fourth-order valence-electron chi connectivity index (χ4n) is 2.54. The van der Waals surface area contributed by atoms with Crippen LogP contribution in [0.25, 0.3) is 0 Å². The van der Waals surface area contributed by atoms with Crippen molar-refractivity contribution in [3.63, 3.8) is 0 Å². The number of rotatable bonds is 3. The number of methoxy groups -OCH3 is 1. The van der Waals surface area contributed by atoms with E-state index in [1.165, 1.54) is 18.4 Å². The summed E-state index contributed by atoms with van der Waals surface area (Å²) in [6.45, 7) is 0.841. The molecular weight excluding hydrogens is 324 g/mol. The third-order valence-corrected chi connectivity index (χ3v) is 5.04. The maximum atomic E-state index is 11.7. The minimum Gasteiger partial charge on any atom is -0.465 e. The van der Waals surface area contributed by atoms with Crippen molar-refractivity contribution in [2.75, 3.05) is 18.6 Å². The monoisotopic (exact) mass is 338 g/mol. The van der Waals surface area contributed by atoms with Crippen molar-refractivity contribution in [3.05, 3.63) is 34.3 Å². The molecule has 22 heavy (non-hydrogen) atoms. The molecule has 1 aliphatic rings. The minimum atomic E-state index is -0.460. The third kappa shape index (κ3) is 2.91. The molecule has 1 unspecified atom stereocenters. The van der Waals surface area contributed by atoms with Gasteiger partial charge in [0.1, 0.15) is 0 Å². The van der Waals surface area contributed by atoms with Crippen LogP contribution in [0.5, 0.6) is 0 Å². The van der Waals surface area contributed by atoms with Gasteiger partial charge in [-0.05, 0) is 25.3 Å². The molecule has 3 heterocycles. The molecule has 2 aromatic heterocycles. The van der Waals surface area contributed by atoms with Crippen LogP contribution in [-0.2, 0) is 4.74 Å². The van der Waals surface area contributed by atoms with Crippen LogP contribution in [0.4, 0.5) is 5.13 Å². The van der Waals surface area contributed by atoms with E-state index >= 15 is 0 Å². The largest absolute Gasteiger partial charge is 0.465 e. The summed E-state index contributed by atoms with van der Waals surface area (Å²) >= 11 is 7.32. The molecule has 0 amide bonds. The normalized spacial score (nSPS) is 18.3. The Balaban J connectivity index is 1.93. The molecule has 0 radical (unpaired) electrons. The van der Waals surface area contributed by atoms with Crippen molar-refractivity contribution in [2.24, 2.45) is 0 Å². The number of carbonyl (C=O) groups is 1. The number of aromatic nitrogens is 3. The molecule has 2 aromatic rings. The fourth-order valence-corrected chi connectivity index (χ4v) is 3.82. The summed E-state index contributed by atoms with van der Waals surface area (Å²) in [6, 6.07) is 1.86. The van der Waals surface area contributed by atoms with Gasteiger partial charge in [0.05, 0.1) is 13.2 Å². The molecule has 0 spiro atoms. The first-order chi connectivity index (χ1) is 10.7. The van der Waals surface area contributed by atoms with E-state index in [0.717, 1.165) is 31.6 Å². The topological polar surface area (TPSA) is 68.2 Å². The van der Waals surface area contributed by atoms with Gasteiger partial charge >= 0.3 is 5.97 Å². The van der Waals surface area contributed by atoms with Crippen molar-refractivity contribution in [2.45, 2.75) is 25.3 Å². The Bertz CT molecular complexity index is 664. The second-order valence-corrected chi connectivity index (χ2v) is 6.26. The van der Waals surface area contributed by atoms with E-state index in [-0.39, 0.29) is 11.2 Å². The lowest BCUT2D eigenvalue weighted by molar-refractivity contribution is 0.0606. The second-order valence-electron chi connectivity index (χ2n) is 4.92. The highest BCUT2D eigenvalue weighted by atomic mass is 35.5. The lowest BCUT2D eigenvalue weighted by Gasteiger charge is -2.34. The Morgan fingerprint density at radius 1 is 1.41 bits per heavy atom. The summed E-state index contributed by atoms with van der Waals surface area (Å²) in [5.41, 5.74) is 0. The Morgan fingerprint density at radius 2 is 2.18 bits per heavy atom. The highest BCUT2D eigenvalue weighted by molar-refractivity contribution is 7.18. The van der Waals surface area contributed by atoms with Crippen LogP contribution in [0.3, 0.4) is 0 Å². The van der Waals surface area contributed by atoms with Gasteiger partial charge in [0.15, 0.2) is 21.0 Å². The molecule has 0 N–H and O–H groups in total. The van der Waals surface area contributed by atoms with Gasteiger partial charge in [-0.3, -0.25) is 0 Å². The van der Waals surface area contributed by atoms with Crippen LogP contribution in [0, 0.1) is 0 Å². The van der Waals surface area contributed by atoms with Gasteiger partial charge in [-0.15, -0.1) is 0 Å². The van der Waals surface area contributed by atoms with Crippen LogP contribution < -0.4 is 4.90 Å². The molecule has 1 fully saturated rings. The SMILES string of the molecule is COC(=O)c1sc(N2CCCCC2c2ncccn2)nc1Cl. The number of anilines is 1. The molecule has 8 heteroatoms. The molecule has 1 saturated heterocycles. The van der Waals surface area contributed by atoms with E-state index in [4.69, 9.17) is 16.3 Å². The van der Waals surface area contributed by atoms with Crippen LogP contribution >= 0.6 is 22.9 Å². The Hall–Kier alpha value is -1.73. The highest BCUT2D eigenvalue weighted by Gasteiger charge is 2.30. The lowest BCUT2D eigenvalue weighted by atomic mass is 10.0. The standard InChI is InChI=1S/C14H15ClN4O2S/c1-21-13(20)10-11(15)18-14(22-10)19-8-3-2-5-9(19)12-16-6-4-7-17-12/h4,6-7,9H,2-3,5,8H2,1H3. The number of esters is 1. The van der Waals surface area contributed by atoms with E-state index in [9.17, 15) is 4.79 Å². The van der Waals surface area contributed by atoms with Gasteiger partial charge in [0.25, 0.3) is 0 Å². The van der Waals surface area contributed by atoms with E-state index in [0.29, 0.717) is 10.0 Å². The van der Waals surface area contributed by atoms with Crippen LogP contribution in [0.2, 0.25) is 5.15 Å². The summed E-state index contributed by atoms with van der Waals surface area (Å²) in [6.07, 6.45) is 6.61. The smallest absolute Gasteiger partial charge is 0.351 e. The average molecular weight is 339 g/mol. The lowest BCUT2D eigenvalue weighted by Crippen LogP contribution is -2.34. The summed E-state index contributed by atoms with van der Waals surface area (Å²) in [7, 11) is 1.33. The van der Waals surface area contributed by atoms with Crippen LogP contribution in [0.1, 0.15) is 40.8 Å². The van der Waals surface area contributed by atoms with Crippen molar-refractivity contribution in [1.82, 2.24) is 15.0 Å². The molecule has 116 valence electrons. The fraction of sp³-hybridized carbons (Fsp3) is 0.429. The van der Waals surface area contributed by atoms with Gasteiger partial charge in [-0.25, -0.2) is 19.7 Å². The van der Waals surface area contributed by atoms with E-state index in [1.807, 2.05) is 0 Å². The predicted molar refractivity (Wildman–Crippen MR) is 84.4 cm³/mol. The van der Waals surface area contributed by atoms with Gasteiger partial charge < -0.3 is 9.64 Å². The van der Waals surface area contributed by atoms with Crippen molar-refractivity contribution < 1.29 is 9.53 Å². The highest BCUT2D eigenvalue weighted by Crippen LogP contribution is 2.38. The number of hydrogen-bond acceptors (Lipinski definition) is 7. The molecule has 0 aliphatic carbocycles. The quantitative estimate of drug-likeness (QED) is 0.801. The predicted octanol–water partition coefficient (Wildman–Crippen LogP) is 3.10. The zero-order valence-corrected chi connectivity index (χ0v) is 13.6. The maximum absolute atomic E-state index is 11.7. The van der Waals surface area contributed by atoms with Gasteiger partial charge in [0.2, 0.25) is 0 Å². The first-order valence-corrected chi connectivity index (χ1v) is 8.18. The first-order valence-electron chi connectivity index (χ1n) is 6.99. The Kier molecular flexibility index (Phi) is 4.54. The molecule has 0 bridgehead atoms.